The van der Waals surface area contributed by atoms with Crippen molar-refractivity contribution in [2.24, 2.45) is 0 Å². The molecule has 3 N–H and O–H groups in total. The molecule has 2 aromatic rings. The summed E-state index contributed by atoms with van der Waals surface area (Å²) < 4.78 is 26.8. The Morgan fingerprint density at radius 2 is 1.42 bits per heavy atom. The van der Waals surface area contributed by atoms with E-state index in [2.05, 4.69) is 15.4 Å². The number of hydrogen-bond donors (Lipinski definition) is 3. The van der Waals surface area contributed by atoms with E-state index >= 15 is 0 Å². The van der Waals surface area contributed by atoms with Crippen LogP contribution in [0.15, 0.2) is 53.4 Å². The minimum absolute atomic E-state index is 0.0110. The van der Waals surface area contributed by atoms with Gasteiger partial charge in [0.2, 0.25) is 21.8 Å². The molecule has 26 heavy (non-hydrogen) atoms. The summed E-state index contributed by atoms with van der Waals surface area (Å²) >= 11 is 0. The summed E-state index contributed by atoms with van der Waals surface area (Å²) in [4.78, 5) is 22.9. The summed E-state index contributed by atoms with van der Waals surface area (Å²) in [5, 5.41) is 5.27. The molecule has 0 unspecified atom stereocenters. The molecule has 2 amide bonds. The first-order chi connectivity index (χ1) is 12.3. The molecule has 0 atom stereocenters. The lowest BCUT2D eigenvalue weighted by Crippen LogP contribution is -2.27. The van der Waals surface area contributed by atoms with Crippen molar-refractivity contribution >= 4 is 33.2 Å². The molecule has 0 aromatic heterocycles. The third kappa shape index (κ3) is 5.98. The number of aryl methyl sites for hydroxylation is 1. The minimum Gasteiger partial charge on any atom is -0.326 e. The van der Waals surface area contributed by atoms with Crippen molar-refractivity contribution in [1.29, 1.82) is 0 Å². The van der Waals surface area contributed by atoms with E-state index in [0.29, 0.717) is 11.4 Å². The highest BCUT2D eigenvalue weighted by Crippen LogP contribution is 2.14. The van der Waals surface area contributed by atoms with Gasteiger partial charge in [0.25, 0.3) is 0 Å². The van der Waals surface area contributed by atoms with Crippen molar-refractivity contribution in [2.45, 2.75) is 25.2 Å². The molecule has 0 saturated carbocycles. The topological polar surface area (TPSA) is 104 Å². The molecule has 0 saturated heterocycles. The lowest BCUT2D eigenvalue weighted by atomic mass is 10.2. The molecule has 0 aliphatic heterocycles. The first-order valence-corrected chi connectivity index (χ1v) is 9.48. The Morgan fingerprint density at radius 3 is 2.00 bits per heavy atom. The number of carbonyl (C=O) groups is 2. The summed E-state index contributed by atoms with van der Waals surface area (Å²) in [5.41, 5.74) is 2.26. The van der Waals surface area contributed by atoms with Crippen LogP contribution >= 0.6 is 0 Å². The van der Waals surface area contributed by atoms with Crippen LogP contribution in [0.3, 0.4) is 0 Å². The second-order valence-corrected chi connectivity index (χ2v) is 7.53. The summed E-state index contributed by atoms with van der Waals surface area (Å²) in [6.07, 6.45) is 0.0110. The minimum atomic E-state index is -3.72. The van der Waals surface area contributed by atoms with E-state index in [4.69, 9.17) is 0 Å². The van der Waals surface area contributed by atoms with Gasteiger partial charge in [-0.3, -0.25) is 9.59 Å². The zero-order chi connectivity index (χ0) is 19.2. The van der Waals surface area contributed by atoms with Gasteiger partial charge in [0.05, 0.1) is 4.90 Å². The van der Waals surface area contributed by atoms with Gasteiger partial charge >= 0.3 is 0 Å². The number of carbonyl (C=O) groups excluding carboxylic acids is 2. The van der Waals surface area contributed by atoms with Crippen LogP contribution < -0.4 is 15.4 Å². The van der Waals surface area contributed by atoms with E-state index in [1.165, 1.54) is 31.2 Å². The molecule has 0 fully saturated rings. The van der Waals surface area contributed by atoms with Crippen LogP contribution in [0.5, 0.6) is 0 Å². The van der Waals surface area contributed by atoms with Crippen LogP contribution in [0.2, 0.25) is 0 Å². The van der Waals surface area contributed by atoms with Crippen LogP contribution in [0.4, 0.5) is 11.4 Å². The molecular formula is C18H21N3O4S. The molecular weight excluding hydrogens is 354 g/mol. The van der Waals surface area contributed by atoms with E-state index in [1.807, 2.05) is 19.1 Å². The van der Waals surface area contributed by atoms with Crippen molar-refractivity contribution < 1.29 is 18.0 Å². The number of benzene rings is 2. The third-order valence-electron chi connectivity index (χ3n) is 3.46. The van der Waals surface area contributed by atoms with Gasteiger partial charge in [-0.25, -0.2) is 13.1 Å². The smallest absolute Gasteiger partial charge is 0.240 e. The summed E-state index contributed by atoms with van der Waals surface area (Å²) in [6, 6.07) is 13.1. The van der Waals surface area contributed by atoms with Crippen molar-refractivity contribution in [2.75, 3.05) is 17.2 Å². The van der Waals surface area contributed by atoms with Gasteiger partial charge in [0.1, 0.15) is 0 Å². The fraction of sp³-hybridized carbons (Fsp3) is 0.222. The predicted octanol–water partition coefficient (Wildman–Crippen LogP) is 2.26. The average molecular weight is 375 g/mol. The second kappa shape index (κ2) is 8.59. The molecule has 8 heteroatoms. The van der Waals surface area contributed by atoms with Gasteiger partial charge < -0.3 is 10.6 Å². The van der Waals surface area contributed by atoms with Gasteiger partial charge in [-0.15, -0.1) is 0 Å². The highest BCUT2D eigenvalue weighted by atomic mass is 32.2. The molecule has 0 aliphatic carbocycles. The summed E-state index contributed by atoms with van der Waals surface area (Å²) in [6.45, 7) is 3.30. The lowest BCUT2D eigenvalue weighted by molar-refractivity contribution is -0.116. The van der Waals surface area contributed by atoms with Gasteiger partial charge in [-0.2, -0.15) is 0 Å². The number of anilines is 2. The normalized spacial score (nSPS) is 11.0. The second-order valence-electron chi connectivity index (χ2n) is 5.77. The maximum absolute atomic E-state index is 12.2. The number of sulfonamides is 1. The number of amides is 2. The molecule has 0 radical (unpaired) electrons. The molecule has 7 nitrogen and oxygen atoms in total. The van der Waals surface area contributed by atoms with E-state index in [1.54, 1.807) is 12.1 Å². The molecule has 0 spiro atoms. The largest absolute Gasteiger partial charge is 0.326 e. The zero-order valence-electron chi connectivity index (χ0n) is 14.6. The third-order valence-corrected chi connectivity index (χ3v) is 4.94. The first kappa shape index (κ1) is 19.6. The maximum atomic E-state index is 12.2. The number of hydrogen-bond acceptors (Lipinski definition) is 4. The Kier molecular flexibility index (Phi) is 6.48. The number of nitrogens with one attached hydrogen (secondary N) is 3. The standard InChI is InChI=1S/C18H21N3O4S/c1-13-3-5-16(6-4-13)21-18(23)11-12-19-26(24,25)17-9-7-15(8-10-17)20-14(2)22/h3-10,19H,11-12H2,1-2H3,(H,20,22)(H,21,23). The first-order valence-electron chi connectivity index (χ1n) is 8.00. The molecule has 2 aromatic carbocycles. The lowest BCUT2D eigenvalue weighted by Gasteiger charge is -2.09. The van der Waals surface area contributed by atoms with Crippen LogP contribution in [-0.2, 0) is 19.6 Å². The highest BCUT2D eigenvalue weighted by Gasteiger charge is 2.14. The van der Waals surface area contributed by atoms with Gasteiger partial charge in [0, 0.05) is 31.3 Å². The van der Waals surface area contributed by atoms with E-state index in [9.17, 15) is 18.0 Å². The van der Waals surface area contributed by atoms with Crippen molar-refractivity contribution in [3.05, 3.63) is 54.1 Å². The Balaban J connectivity index is 1.86. The fourth-order valence-electron chi connectivity index (χ4n) is 2.16. The Bertz CT molecular complexity index is 876. The molecule has 0 bridgehead atoms. The molecule has 0 aliphatic rings. The van der Waals surface area contributed by atoms with E-state index in [0.717, 1.165) is 5.56 Å². The Hall–Kier alpha value is -2.71. The van der Waals surface area contributed by atoms with Crippen LogP contribution in [0, 0.1) is 6.92 Å². The van der Waals surface area contributed by atoms with Crippen LogP contribution in [0.25, 0.3) is 0 Å². The van der Waals surface area contributed by atoms with Crippen LogP contribution in [-0.4, -0.2) is 26.8 Å². The molecule has 138 valence electrons. The van der Waals surface area contributed by atoms with E-state index in [-0.39, 0.29) is 29.7 Å². The summed E-state index contributed by atoms with van der Waals surface area (Å²) in [7, 11) is -3.72. The Labute approximate surface area is 152 Å². The van der Waals surface area contributed by atoms with Crippen molar-refractivity contribution in [3.63, 3.8) is 0 Å². The Morgan fingerprint density at radius 1 is 0.885 bits per heavy atom. The summed E-state index contributed by atoms with van der Waals surface area (Å²) in [5.74, 6) is -0.518. The number of rotatable bonds is 7. The SMILES string of the molecule is CC(=O)Nc1ccc(S(=O)(=O)NCCC(=O)Nc2ccc(C)cc2)cc1. The monoisotopic (exact) mass is 375 g/mol. The van der Waals surface area contributed by atoms with Crippen molar-refractivity contribution in [3.8, 4) is 0 Å². The quantitative estimate of drug-likeness (QED) is 0.690. The predicted molar refractivity (Wildman–Crippen MR) is 100 cm³/mol. The zero-order valence-corrected chi connectivity index (χ0v) is 15.4. The molecule has 0 heterocycles. The average Bonchev–Trinajstić information content (AvgIpc) is 2.57. The van der Waals surface area contributed by atoms with Gasteiger partial charge in [-0.05, 0) is 43.3 Å². The fourth-order valence-corrected chi connectivity index (χ4v) is 3.20. The molecule has 2 rings (SSSR count). The van der Waals surface area contributed by atoms with Crippen LogP contribution in [0.1, 0.15) is 18.9 Å². The van der Waals surface area contributed by atoms with Gasteiger partial charge in [-0.1, -0.05) is 17.7 Å². The van der Waals surface area contributed by atoms with Gasteiger partial charge in [0.15, 0.2) is 0 Å². The highest BCUT2D eigenvalue weighted by molar-refractivity contribution is 7.89. The maximum Gasteiger partial charge on any atom is 0.240 e. The van der Waals surface area contributed by atoms with Crippen molar-refractivity contribution in [1.82, 2.24) is 4.72 Å². The van der Waals surface area contributed by atoms with E-state index < -0.39 is 10.0 Å².